The fourth-order valence-corrected chi connectivity index (χ4v) is 2.17. The Bertz CT molecular complexity index is 679. The van der Waals surface area contributed by atoms with Crippen LogP contribution in [0.25, 0.3) is 0 Å². The first-order valence-electron chi connectivity index (χ1n) is 6.16. The van der Waals surface area contributed by atoms with E-state index < -0.39 is 5.97 Å². The summed E-state index contributed by atoms with van der Waals surface area (Å²) in [7, 11) is 0. The zero-order chi connectivity index (χ0) is 15.4. The number of carbonyl (C=O) groups is 1. The Morgan fingerprint density at radius 2 is 2.24 bits per heavy atom. The van der Waals surface area contributed by atoms with Crippen LogP contribution in [0.5, 0.6) is 0 Å². The molecular weight excluding hydrogens is 358 g/mol. The van der Waals surface area contributed by atoms with Gasteiger partial charge in [0, 0.05) is 16.4 Å². The normalized spacial score (nSPS) is 10.2. The van der Waals surface area contributed by atoms with Gasteiger partial charge in [0.1, 0.15) is 0 Å². The fourth-order valence-electron chi connectivity index (χ4n) is 1.67. The number of nitrogen functional groups attached to an aromatic ring is 1. The van der Waals surface area contributed by atoms with Crippen LogP contribution in [0.3, 0.4) is 0 Å². The molecule has 5 nitrogen and oxygen atoms in total. The van der Waals surface area contributed by atoms with Crippen LogP contribution in [0.2, 0.25) is 5.02 Å². The second kappa shape index (κ2) is 6.78. The highest BCUT2D eigenvalue weighted by Crippen LogP contribution is 2.29. The van der Waals surface area contributed by atoms with E-state index in [1.54, 1.807) is 25.1 Å². The average Bonchev–Trinajstić information content (AvgIpc) is 2.45. The first kappa shape index (κ1) is 15.6. The van der Waals surface area contributed by atoms with E-state index in [4.69, 9.17) is 22.1 Å². The monoisotopic (exact) mass is 369 g/mol. The summed E-state index contributed by atoms with van der Waals surface area (Å²) in [6.07, 6.45) is 1.50. The second-order valence-electron chi connectivity index (χ2n) is 4.10. The van der Waals surface area contributed by atoms with Crippen LogP contribution in [-0.4, -0.2) is 17.6 Å². The van der Waals surface area contributed by atoms with E-state index in [-0.39, 0.29) is 17.9 Å². The number of carbonyl (C=O) groups excluding carboxylic acids is 1. The molecule has 1 aromatic carbocycles. The molecule has 0 fully saturated rings. The molecule has 0 aliphatic heterocycles. The van der Waals surface area contributed by atoms with Gasteiger partial charge in [-0.1, -0.05) is 11.6 Å². The molecule has 2 aromatic rings. The second-order valence-corrected chi connectivity index (χ2v) is 5.36. The van der Waals surface area contributed by atoms with Crippen LogP contribution in [0, 0.1) is 0 Å². The Hall–Kier alpha value is -1.79. The van der Waals surface area contributed by atoms with Gasteiger partial charge in [0.15, 0.2) is 5.82 Å². The van der Waals surface area contributed by atoms with Crippen LogP contribution >= 0.6 is 27.5 Å². The van der Waals surface area contributed by atoms with Crippen LogP contribution in [0.15, 0.2) is 34.9 Å². The minimum atomic E-state index is -0.474. The summed E-state index contributed by atoms with van der Waals surface area (Å²) in [4.78, 5) is 15.9. The van der Waals surface area contributed by atoms with Crippen molar-refractivity contribution in [1.82, 2.24) is 4.98 Å². The minimum absolute atomic E-state index is 0.238. The maximum atomic E-state index is 11.8. The number of nitrogens with two attached hydrogens (primary N) is 1. The van der Waals surface area contributed by atoms with E-state index in [1.807, 2.05) is 0 Å². The van der Waals surface area contributed by atoms with Gasteiger partial charge in [-0.05, 0) is 47.1 Å². The lowest BCUT2D eigenvalue weighted by Crippen LogP contribution is -2.10. The van der Waals surface area contributed by atoms with Crippen molar-refractivity contribution in [3.05, 3.63) is 45.5 Å². The number of nitrogens with one attached hydrogen (secondary N) is 1. The van der Waals surface area contributed by atoms with E-state index in [0.29, 0.717) is 10.8 Å². The third-order valence-corrected chi connectivity index (χ3v) is 3.88. The molecule has 0 atom stereocenters. The van der Waals surface area contributed by atoms with Gasteiger partial charge >= 0.3 is 5.97 Å². The van der Waals surface area contributed by atoms with Crippen LogP contribution in [0.1, 0.15) is 17.3 Å². The van der Waals surface area contributed by atoms with Crippen molar-refractivity contribution in [1.29, 1.82) is 0 Å². The molecule has 3 N–H and O–H groups in total. The number of halogens is 2. The Morgan fingerprint density at radius 3 is 2.90 bits per heavy atom. The Balaban J connectivity index is 2.30. The van der Waals surface area contributed by atoms with Gasteiger partial charge in [-0.15, -0.1) is 0 Å². The highest BCUT2D eigenvalue weighted by Gasteiger charge is 2.14. The molecule has 0 bridgehead atoms. The van der Waals surface area contributed by atoms with Gasteiger partial charge in [-0.2, -0.15) is 0 Å². The molecule has 1 heterocycles. The van der Waals surface area contributed by atoms with Crippen LogP contribution in [-0.2, 0) is 4.74 Å². The highest BCUT2D eigenvalue weighted by molar-refractivity contribution is 9.10. The number of anilines is 3. The summed E-state index contributed by atoms with van der Waals surface area (Å²) in [5.41, 5.74) is 7.23. The molecule has 7 heteroatoms. The van der Waals surface area contributed by atoms with Crippen LogP contribution in [0.4, 0.5) is 17.2 Å². The van der Waals surface area contributed by atoms with E-state index in [0.717, 1.165) is 10.2 Å². The number of pyridine rings is 1. The molecular formula is C14H13BrClN3O2. The standard InChI is InChI=1S/C14H13BrClN3O2/c1-2-21-14(20)9-5-6-18-13(12(9)17)19-8-3-4-11(16)10(15)7-8/h3-7H,2,17H2,1H3,(H,18,19). The number of nitrogens with zero attached hydrogens (tertiary/aromatic N) is 1. The maximum Gasteiger partial charge on any atom is 0.340 e. The number of ether oxygens (including phenoxy) is 1. The molecule has 0 aliphatic rings. The third kappa shape index (κ3) is 3.65. The van der Waals surface area contributed by atoms with Crippen molar-refractivity contribution in [2.75, 3.05) is 17.7 Å². The summed E-state index contributed by atoms with van der Waals surface area (Å²) in [5, 5.41) is 3.64. The average molecular weight is 371 g/mol. The molecule has 0 saturated heterocycles. The van der Waals surface area contributed by atoms with Gasteiger partial charge < -0.3 is 15.8 Å². The first-order valence-corrected chi connectivity index (χ1v) is 7.33. The molecule has 0 spiro atoms. The number of rotatable bonds is 4. The summed E-state index contributed by atoms with van der Waals surface area (Å²) in [6, 6.07) is 6.83. The number of esters is 1. The van der Waals surface area contributed by atoms with E-state index in [1.165, 1.54) is 12.3 Å². The molecule has 0 aliphatic carbocycles. The van der Waals surface area contributed by atoms with Gasteiger partial charge in [-0.3, -0.25) is 0 Å². The van der Waals surface area contributed by atoms with Crippen molar-refractivity contribution in [3.8, 4) is 0 Å². The summed E-state index contributed by atoms with van der Waals surface area (Å²) >= 11 is 9.28. The first-order chi connectivity index (χ1) is 10.0. The number of benzene rings is 1. The van der Waals surface area contributed by atoms with E-state index in [2.05, 4.69) is 26.2 Å². The molecule has 2 rings (SSSR count). The lowest BCUT2D eigenvalue weighted by molar-refractivity contribution is 0.0527. The highest BCUT2D eigenvalue weighted by atomic mass is 79.9. The summed E-state index contributed by atoms with van der Waals surface area (Å²) < 4.78 is 5.69. The zero-order valence-corrected chi connectivity index (χ0v) is 13.5. The lowest BCUT2D eigenvalue weighted by atomic mass is 10.2. The molecule has 110 valence electrons. The van der Waals surface area contributed by atoms with Gasteiger partial charge in [-0.25, -0.2) is 9.78 Å². The predicted molar refractivity (Wildman–Crippen MR) is 87.0 cm³/mol. The predicted octanol–water partition coefficient (Wildman–Crippen LogP) is 4.00. The minimum Gasteiger partial charge on any atom is -0.462 e. The molecule has 0 saturated carbocycles. The topological polar surface area (TPSA) is 77.2 Å². The molecule has 0 unspecified atom stereocenters. The quantitative estimate of drug-likeness (QED) is 0.795. The smallest absolute Gasteiger partial charge is 0.340 e. The number of aromatic nitrogens is 1. The lowest BCUT2D eigenvalue weighted by Gasteiger charge is -2.11. The van der Waals surface area contributed by atoms with Crippen molar-refractivity contribution in [3.63, 3.8) is 0 Å². The molecule has 1 aromatic heterocycles. The Kier molecular flexibility index (Phi) is 5.03. The number of hydrogen-bond donors (Lipinski definition) is 2. The SMILES string of the molecule is CCOC(=O)c1ccnc(Nc2ccc(Cl)c(Br)c2)c1N. The van der Waals surface area contributed by atoms with Crippen molar-refractivity contribution < 1.29 is 9.53 Å². The van der Waals surface area contributed by atoms with Gasteiger partial charge in [0.2, 0.25) is 0 Å². The van der Waals surface area contributed by atoms with Crippen molar-refractivity contribution >= 4 is 50.7 Å². The molecule has 0 radical (unpaired) electrons. The molecule has 0 amide bonds. The van der Waals surface area contributed by atoms with Crippen molar-refractivity contribution in [2.45, 2.75) is 6.92 Å². The Morgan fingerprint density at radius 1 is 1.48 bits per heavy atom. The maximum absolute atomic E-state index is 11.8. The summed E-state index contributed by atoms with van der Waals surface area (Å²) in [5.74, 6) is -0.0903. The zero-order valence-electron chi connectivity index (χ0n) is 11.2. The van der Waals surface area contributed by atoms with Crippen molar-refractivity contribution in [2.24, 2.45) is 0 Å². The number of hydrogen-bond acceptors (Lipinski definition) is 5. The van der Waals surface area contributed by atoms with E-state index >= 15 is 0 Å². The van der Waals surface area contributed by atoms with Gasteiger partial charge in [0.25, 0.3) is 0 Å². The summed E-state index contributed by atoms with van der Waals surface area (Å²) in [6.45, 7) is 2.02. The van der Waals surface area contributed by atoms with Gasteiger partial charge in [0.05, 0.1) is 22.9 Å². The Labute approximate surface area is 135 Å². The third-order valence-electron chi connectivity index (χ3n) is 2.67. The molecule has 21 heavy (non-hydrogen) atoms. The van der Waals surface area contributed by atoms with E-state index in [9.17, 15) is 4.79 Å². The fraction of sp³-hybridized carbons (Fsp3) is 0.143. The largest absolute Gasteiger partial charge is 0.462 e. The van der Waals surface area contributed by atoms with Crippen LogP contribution < -0.4 is 11.1 Å².